The number of rotatable bonds is 13. The highest BCUT2D eigenvalue weighted by atomic mass is 16.3. The molecule has 6 nitrogen and oxygen atoms in total. The summed E-state index contributed by atoms with van der Waals surface area (Å²) in [6.07, 6.45) is 6.93. The molecule has 1 unspecified atom stereocenters. The Morgan fingerprint density at radius 2 is 1.79 bits per heavy atom. The predicted octanol–water partition coefficient (Wildman–Crippen LogP) is 3.21. The summed E-state index contributed by atoms with van der Waals surface area (Å²) in [4.78, 5) is 28.2. The molecule has 0 heterocycles. The Kier molecular flexibility index (Phi) is 10.3. The number of benzene rings is 1. The molecule has 1 aromatic carbocycles. The van der Waals surface area contributed by atoms with E-state index in [-0.39, 0.29) is 18.4 Å². The van der Waals surface area contributed by atoms with E-state index in [9.17, 15) is 14.7 Å². The van der Waals surface area contributed by atoms with Crippen molar-refractivity contribution in [1.82, 2.24) is 10.2 Å². The molecule has 2 amide bonds. The van der Waals surface area contributed by atoms with Gasteiger partial charge >= 0.3 is 0 Å². The lowest BCUT2D eigenvalue weighted by atomic mass is 9.64. The molecule has 0 saturated heterocycles. The van der Waals surface area contributed by atoms with Gasteiger partial charge in [0.1, 0.15) is 0 Å². The Morgan fingerprint density at radius 3 is 2.33 bits per heavy atom. The van der Waals surface area contributed by atoms with Gasteiger partial charge in [-0.15, -0.1) is 0 Å². The number of allylic oxidation sites excluding steroid dienone is 2. The first kappa shape index (κ1) is 26.8. The van der Waals surface area contributed by atoms with Crippen LogP contribution >= 0.6 is 0 Å². The average Bonchev–Trinajstić information content (AvgIpc) is 2.81. The van der Waals surface area contributed by atoms with E-state index in [0.717, 1.165) is 18.4 Å². The number of aliphatic hydroxyl groups is 1. The SMILES string of the molecule is CCCN(CCC)C(=O)C1=CC=CC(C(N)=O)([C@H](Cc2ccccc2)[C@@H](O)CNC(C)C)C1. The highest BCUT2D eigenvalue weighted by Gasteiger charge is 2.47. The summed E-state index contributed by atoms with van der Waals surface area (Å²) in [7, 11) is 0. The van der Waals surface area contributed by atoms with Gasteiger partial charge in [-0.2, -0.15) is 0 Å². The molecule has 0 fully saturated rings. The first-order chi connectivity index (χ1) is 15.7. The number of hydrogen-bond donors (Lipinski definition) is 3. The van der Waals surface area contributed by atoms with Gasteiger partial charge in [0.15, 0.2) is 0 Å². The highest BCUT2D eigenvalue weighted by molar-refractivity contribution is 5.96. The van der Waals surface area contributed by atoms with Crippen molar-refractivity contribution in [3.05, 3.63) is 59.7 Å². The van der Waals surface area contributed by atoms with E-state index in [4.69, 9.17) is 5.73 Å². The fraction of sp³-hybridized carbons (Fsp3) is 0.556. The van der Waals surface area contributed by atoms with Crippen LogP contribution in [0.5, 0.6) is 0 Å². The van der Waals surface area contributed by atoms with E-state index in [2.05, 4.69) is 5.32 Å². The molecule has 0 bridgehead atoms. The normalized spacial score (nSPS) is 19.8. The fourth-order valence-electron chi connectivity index (χ4n) is 4.61. The minimum Gasteiger partial charge on any atom is -0.391 e. The first-order valence-electron chi connectivity index (χ1n) is 12.2. The molecule has 1 aliphatic rings. The second-order valence-electron chi connectivity index (χ2n) is 9.35. The van der Waals surface area contributed by atoms with Gasteiger partial charge in [-0.1, -0.05) is 76.3 Å². The van der Waals surface area contributed by atoms with Crippen LogP contribution in [0.4, 0.5) is 0 Å². The van der Waals surface area contributed by atoms with E-state index < -0.39 is 23.3 Å². The number of nitrogens with zero attached hydrogens (tertiary/aromatic N) is 1. The average molecular weight is 456 g/mol. The summed E-state index contributed by atoms with van der Waals surface area (Å²) in [6.45, 7) is 9.80. The molecule has 2 rings (SSSR count). The monoisotopic (exact) mass is 455 g/mol. The number of primary amides is 1. The zero-order valence-corrected chi connectivity index (χ0v) is 20.6. The summed E-state index contributed by atoms with van der Waals surface area (Å²) < 4.78 is 0. The van der Waals surface area contributed by atoms with Crippen LogP contribution in [0.25, 0.3) is 0 Å². The molecule has 0 radical (unpaired) electrons. The number of aliphatic hydroxyl groups excluding tert-OH is 1. The molecule has 3 atom stereocenters. The van der Waals surface area contributed by atoms with Crippen molar-refractivity contribution < 1.29 is 14.7 Å². The molecule has 0 spiro atoms. The van der Waals surface area contributed by atoms with Gasteiger partial charge in [0.25, 0.3) is 0 Å². The zero-order chi connectivity index (χ0) is 24.4. The second kappa shape index (κ2) is 12.7. The summed E-state index contributed by atoms with van der Waals surface area (Å²) >= 11 is 0. The summed E-state index contributed by atoms with van der Waals surface area (Å²) in [6, 6.07) is 10.0. The Morgan fingerprint density at radius 1 is 1.15 bits per heavy atom. The van der Waals surface area contributed by atoms with Crippen molar-refractivity contribution in [3.63, 3.8) is 0 Å². The molecule has 33 heavy (non-hydrogen) atoms. The smallest absolute Gasteiger partial charge is 0.249 e. The van der Waals surface area contributed by atoms with Crippen molar-refractivity contribution >= 4 is 11.8 Å². The number of nitrogens with two attached hydrogens (primary N) is 1. The van der Waals surface area contributed by atoms with Gasteiger partial charge in [0.05, 0.1) is 11.5 Å². The van der Waals surface area contributed by atoms with Crippen molar-refractivity contribution in [3.8, 4) is 0 Å². The van der Waals surface area contributed by atoms with Gasteiger partial charge in [-0.25, -0.2) is 0 Å². The van der Waals surface area contributed by atoms with E-state index in [0.29, 0.717) is 31.6 Å². The van der Waals surface area contributed by atoms with Gasteiger partial charge in [-0.3, -0.25) is 9.59 Å². The Bertz CT molecular complexity index is 828. The van der Waals surface area contributed by atoms with Crippen molar-refractivity contribution in [2.75, 3.05) is 19.6 Å². The maximum atomic E-state index is 13.4. The standard InChI is InChI=1S/C27H41N3O3/c1-5-15-30(16-6-2)25(32)22-13-10-14-27(18-22,26(28)33)23(24(31)19-29-20(3)4)17-21-11-8-7-9-12-21/h7-14,20,23-24,29,31H,5-6,15-19H2,1-4H3,(H2,28,33)/t23-,24+,27?/m1/s1. The van der Waals surface area contributed by atoms with Crippen LogP contribution in [0.1, 0.15) is 52.5 Å². The maximum absolute atomic E-state index is 13.4. The predicted molar refractivity (Wildman–Crippen MR) is 133 cm³/mol. The number of carbonyl (C=O) groups excluding carboxylic acids is 2. The summed E-state index contributed by atoms with van der Waals surface area (Å²) in [5.74, 6) is -1.05. The molecular formula is C27H41N3O3. The second-order valence-corrected chi connectivity index (χ2v) is 9.35. The van der Waals surface area contributed by atoms with E-state index in [1.165, 1.54) is 0 Å². The molecular weight excluding hydrogens is 414 g/mol. The quantitative estimate of drug-likeness (QED) is 0.426. The number of carbonyl (C=O) groups is 2. The minimum absolute atomic E-state index is 0.0538. The molecule has 6 heteroatoms. The summed E-state index contributed by atoms with van der Waals surface area (Å²) in [5.41, 5.74) is 6.46. The van der Waals surface area contributed by atoms with E-state index in [1.54, 1.807) is 18.2 Å². The lowest BCUT2D eigenvalue weighted by Crippen LogP contribution is -2.52. The maximum Gasteiger partial charge on any atom is 0.249 e. The number of hydrogen-bond acceptors (Lipinski definition) is 4. The molecule has 0 aromatic heterocycles. The van der Waals surface area contributed by atoms with Crippen LogP contribution < -0.4 is 11.1 Å². The molecule has 1 aliphatic carbocycles. The number of nitrogens with one attached hydrogen (secondary N) is 1. The van der Waals surface area contributed by atoms with Crippen LogP contribution in [-0.2, 0) is 16.0 Å². The lowest BCUT2D eigenvalue weighted by molar-refractivity contribution is -0.132. The van der Waals surface area contributed by atoms with Crippen molar-refractivity contribution in [1.29, 1.82) is 0 Å². The molecule has 4 N–H and O–H groups in total. The zero-order valence-electron chi connectivity index (χ0n) is 20.6. The van der Waals surface area contributed by atoms with Crippen molar-refractivity contribution in [2.24, 2.45) is 17.1 Å². The summed E-state index contributed by atoms with van der Waals surface area (Å²) in [5, 5.41) is 14.5. The minimum atomic E-state index is -1.15. The van der Waals surface area contributed by atoms with Crippen LogP contribution in [0, 0.1) is 11.3 Å². The molecule has 182 valence electrons. The van der Waals surface area contributed by atoms with Gasteiger partial charge in [0, 0.05) is 37.2 Å². The number of amides is 2. The van der Waals surface area contributed by atoms with Crippen LogP contribution in [0.2, 0.25) is 0 Å². The van der Waals surface area contributed by atoms with Gasteiger partial charge in [0.2, 0.25) is 11.8 Å². The Balaban J connectivity index is 2.42. The molecule has 1 aromatic rings. The Hall–Kier alpha value is -2.44. The first-order valence-corrected chi connectivity index (χ1v) is 12.2. The molecule has 0 aliphatic heterocycles. The fourth-order valence-corrected chi connectivity index (χ4v) is 4.61. The van der Waals surface area contributed by atoms with Crippen molar-refractivity contribution in [2.45, 2.75) is 65.5 Å². The third-order valence-corrected chi connectivity index (χ3v) is 6.34. The Labute approximate surface area is 198 Å². The largest absolute Gasteiger partial charge is 0.391 e. The van der Waals surface area contributed by atoms with E-state index in [1.807, 2.05) is 62.9 Å². The van der Waals surface area contributed by atoms with E-state index >= 15 is 0 Å². The topological polar surface area (TPSA) is 95.7 Å². The molecule has 0 saturated carbocycles. The highest BCUT2D eigenvalue weighted by Crippen LogP contribution is 2.43. The lowest BCUT2D eigenvalue weighted by Gasteiger charge is -2.41. The third-order valence-electron chi connectivity index (χ3n) is 6.34. The van der Waals surface area contributed by atoms with Crippen LogP contribution in [-0.4, -0.2) is 53.6 Å². The van der Waals surface area contributed by atoms with Gasteiger partial charge in [-0.05, 0) is 31.2 Å². The van der Waals surface area contributed by atoms with Gasteiger partial charge < -0.3 is 21.1 Å². The van der Waals surface area contributed by atoms with Crippen LogP contribution in [0.3, 0.4) is 0 Å². The third kappa shape index (κ3) is 7.02. The van der Waals surface area contributed by atoms with Crippen LogP contribution in [0.15, 0.2) is 54.1 Å².